The van der Waals surface area contributed by atoms with Crippen LogP contribution in [0.5, 0.6) is 0 Å². The average Bonchev–Trinajstić information content (AvgIpc) is 2.58. The zero-order valence-electron chi connectivity index (χ0n) is 14.5. The van der Waals surface area contributed by atoms with E-state index in [-0.39, 0.29) is 11.6 Å². The van der Waals surface area contributed by atoms with Crippen molar-refractivity contribution in [1.82, 2.24) is 0 Å². The molecule has 0 spiro atoms. The maximum absolute atomic E-state index is 13.2. The van der Waals surface area contributed by atoms with Crippen LogP contribution in [0.4, 0.5) is 18.9 Å². The van der Waals surface area contributed by atoms with Crippen molar-refractivity contribution in [3.63, 3.8) is 0 Å². The fraction of sp³-hybridized carbons (Fsp3) is 0.200. The minimum Gasteiger partial charge on any atom is -0.279 e. The minimum absolute atomic E-state index is 0.00189. The van der Waals surface area contributed by atoms with Gasteiger partial charge in [-0.3, -0.25) is 4.72 Å². The van der Waals surface area contributed by atoms with E-state index in [1.165, 1.54) is 12.1 Å². The fourth-order valence-corrected chi connectivity index (χ4v) is 4.45. The normalized spacial score (nSPS) is 17.1. The first-order chi connectivity index (χ1) is 12.7. The van der Waals surface area contributed by atoms with E-state index in [1.807, 2.05) is 37.3 Å². The summed E-state index contributed by atoms with van der Waals surface area (Å²) in [5.41, 5.74) is 0.687. The van der Waals surface area contributed by atoms with E-state index in [1.54, 1.807) is 12.1 Å². The Balaban J connectivity index is 2.08. The molecule has 0 aliphatic heterocycles. The predicted molar refractivity (Wildman–Crippen MR) is 99.9 cm³/mol. The van der Waals surface area contributed by atoms with E-state index < -0.39 is 26.7 Å². The lowest BCUT2D eigenvalue weighted by atomic mass is 9.90. The van der Waals surface area contributed by atoms with Gasteiger partial charge in [0.25, 0.3) is 10.0 Å². The third kappa shape index (κ3) is 4.08. The van der Waals surface area contributed by atoms with Gasteiger partial charge in [0, 0.05) is 0 Å². The summed E-state index contributed by atoms with van der Waals surface area (Å²) in [4.78, 5) is -0.788. The highest BCUT2D eigenvalue weighted by atomic mass is 32.2. The first kappa shape index (κ1) is 19.2. The number of sulfonamides is 1. The summed E-state index contributed by atoms with van der Waals surface area (Å²) in [7, 11) is -4.42. The van der Waals surface area contributed by atoms with E-state index in [2.05, 4.69) is 4.72 Å². The summed E-state index contributed by atoms with van der Waals surface area (Å²) in [5.74, 6) is -0.00189. The molecule has 0 amide bonds. The van der Waals surface area contributed by atoms with E-state index >= 15 is 0 Å². The van der Waals surface area contributed by atoms with Crippen LogP contribution in [0.25, 0.3) is 6.08 Å². The molecule has 7 heteroatoms. The molecular weight excluding hydrogens is 375 g/mol. The average molecular weight is 393 g/mol. The molecule has 0 radical (unpaired) electrons. The molecule has 0 aromatic heterocycles. The first-order valence-electron chi connectivity index (χ1n) is 8.35. The number of hydrogen-bond donors (Lipinski definition) is 1. The molecule has 0 bridgehead atoms. The summed E-state index contributed by atoms with van der Waals surface area (Å²) < 4.78 is 67.6. The molecule has 0 saturated carbocycles. The van der Waals surface area contributed by atoms with E-state index in [4.69, 9.17) is 0 Å². The molecule has 2 aromatic carbocycles. The lowest BCUT2D eigenvalue weighted by molar-refractivity contribution is -0.139. The lowest BCUT2D eigenvalue weighted by Gasteiger charge is -2.21. The number of fused-ring (bicyclic) bond motifs is 1. The summed E-state index contributed by atoms with van der Waals surface area (Å²) in [6.45, 7) is 1.95. The Morgan fingerprint density at radius 3 is 2.52 bits per heavy atom. The van der Waals surface area contributed by atoms with E-state index in [0.29, 0.717) is 6.42 Å². The number of benzene rings is 2. The van der Waals surface area contributed by atoms with E-state index in [0.717, 1.165) is 23.3 Å². The molecule has 0 heterocycles. The SMILES string of the molecule is CC1CC=CC=Cc2cccc(NS(=O)(=O)c3ccccc3C(F)(F)F)c21. The van der Waals surface area contributed by atoms with Crippen LogP contribution in [0.2, 0.25) is 0 Å². The van der Waals surface area contributed by atoms with Gasteiger partial charge in [0.1, 0.15) is 0 Å². The highest BCUT2D eigenvalue weighted by Crippen LogP contribution is 2.37. The molecule has 2 aromatic rings. The molecule has 3 nitrogen and oxygen atoms in total. The van der Waals surface area contributed by atoms with Gasteiger partial charge in [-0.25, -0.2) is 8.42 Å². The van der Waals surface area contributed by atoms with Crippen molar-refractivity contribution in [2.45, 2.75) is 30.3 Å². The van der Waals surface area contributed by atoms with Crippen LogP contribution < -0.4 is 4.72 Å². The van der Waals surface area contributed by atoms with Crippen LogP contribution in [0.15, 0.2) is 65.6 Å². The van der Waals surface area contributed by atoms with Crippen molar-refractivity contribution < 1.29 is 21.6 Å². The third-order valence-electron chi connectivity index (χ3n) is 4.37. The topological polar surface area (TPSA) is 46.2 Å². The van der Waals surface area contributed by atoms with Crippen LogP contribution in [0, 0.1) is 0 Å². The monoisotopic (exact) mass is 393 g/mol. The predicted octanol–water partition coefficient (Wildman–Crippen LogP) is 5.58. The standard InChI is InChI=1S/C20H18F3NO2S/c1-14-8-3-2-4-9-15-10-7-12-17(19(14)15)24-27(25,26)18-13-6-5-11-16(18)20(21,22)23/h2-7,9-14,24H,8H2,1H3. The number of hydrogen-bond acceptors (Lipinski definition) is 2. The fourth-order valence-electron chi connectivity index (χ4n) is 3.14. The zero-order chi connectivity index (χ0) is 19.7. The van der Waals surface area contributed by atoms with Gasteiger partial charge in [0.15, 0.2) is 0 Å². The lowest BCUT2D eigenvalue weighted by Crippen LogP contribution is -2.20. The van der Waals surface area contributed by atoms with Crippen molar-refractivity contribution in [3.05, 3.63) is 77.4 Å². The van der Waals surface area contributed by atoms with Gasteiger partial charge in [-0.2, -0.15) is 13.2 Å². The summed E-state index contributed by atoms with van der Waals surface area (Å²) in [6.07, 6.45) is 3.50. The highest BCUT2D eigenvalue weighted by Gasteiger charge is 2.37. The van der Waals surface area contributed by atoms with Crippen molar-refractivity contribution in [2.24, 2.45) is 0 Å². The number of alkyl halides is 3. The Morgan fingerprint density at radius 2 is 1.78 bits per heavy atom. The van der Waals surface area contributed by atoms with Gasteiger partial charge in [-0.05, 0) is 41.7 Å². The van der Waals surface area contributed by atoms with Crippen LogP contribution in [-0.4, -0.2) is 8.42 Å². The minimum atomic E-state index is -4.77. The Kier molecular flexibility index (Phi) is 5.15. The second-order valence-corrected chi connectivity index (χ2v) is 7.98. The van der Waals surface area contributed by atoms with Crippen molar-refractivity contribution in [3.8, 4) is 0 Å². The quantitative estimate of drug-likeness (QED) is 0.740. The molecule has 0 saturated heterocycles. The van der Waals surface area contributed by atoms with Crippen LogP contribution in [-0.2, 0) is 16.2 Å². The van der Waals surface area contributed by atoms with Crippen molar-refractivity contribution >= 4 is 21.8 Å². The number of halogens is 3. The summed E-state index contributed by atoms with van der Waals surface area (Å²) in [5, 5.41) is 0. The van der Waals surface area contributed by atoms with Crippen LogP contribution >= 0.6 is 0 Å². The van der Waals surface area contributed by atoms with Crippen molar-refractivity contribution in [2.75, 3.05) is 4.72 Å². The largest absolute Gasteiger partial charge is 0.417 e. The smallest absolute Gasteiger partial charge is 0.279 e. The van der Waals surface area contributed by atoms with Crippen LogP contribution in [0.1, 0.15) is 36.0 Å². The van der Waals surface area contributed by atoms with Gasteiger partial charge in [0.05, 0.1) is 16.1 Å². The van der Waals surface area contributed by atoms with Gasteiger partial charge in [-0.15, -0.1) is 0 Å². The summed E-state index contributed by atoms with van der Waals surface area (Å²) in [6, 6.07) is 9.26. The molecular formula is C20H18F3NO2S. The molecule has 1 aliphatic carbocycles. The second kappa shape index (κ2) is 7.23. The third-order valence-corrected chi connectivity index (χ3v) is 5.80. The molecule has 1 aliphatic rings. The molecule has 1 atom stereocenters. The van der Waals surface area contributed by atoms with Gasteiger partial charge >= 0.3 is 6.18 Å². The number of nitrogens with one attached hydrogen (secondary N) is 1. The zero-order valence-corrected chi connectivity index (χ0v) is 15.3. The van der Waals surface area contributed by atoms with Gasteiger partial charge in [0.2, 0.25) is 0 Å². The first-order valence-corrected chi connectivity index (χ1v) is 9.83. The molecule has 3 rings (SSSR count). The number of anilines is 1. The molecule has 27 heavy (non-hydrogen) atoms. The molecule has 1 unspecified atom stereocenters. The van der Waals surface area contributed by atoms with Gasteiger partial charge < -0.3 is 0 Å². The highest BCUT2D eigenvalue weighted by molar-refractivity contribution is 7.92. The van der Waals surface area contributed by atoms with E-state index in [9.17, 15) is 21.6 Å². The molecule has 142 valence electrons. The number of allylic oxidation sites excluding steroid dienone is 3. The Labute approximate surface area is 156 Å². The Bertz CT molecular complexity index is 1010. The molecule has 1 N–H and O–H groups in total. The maximum Gasteiger partial charge on any atom is 0.417 e. The summed E-state index contributed by atoms with van der Waals surface area (Å²) >= 11 is 0. The molecule has 0 fully saturated rings. The van der Waals surface area contributed by atoms with Crippen molar-refractivity contribution in [1.29, 1.82) is 0 Å². The Morgan fingerprint density at radius 1 is 1.04 bits per heavy atom. The maximum atomic E-state index is 13.2. The Hall–Kier alpha value is -2.54. The van der Waals surface area contributed by atoms with Crippen LogP contribution in [0.3, 0.4) is 0 Å². The second-order valence-electron chi connectivity index (χ2n) is 6.33. The number of rotatable bonds is 3. The van der Waals surface area contributed by atoms with Gasteiger partial charge in [-0.1, -0.05) is 55.5 Å².